The van der Waals surface area contributed by atoms with E-state index < -0.39 is 0 Å². The van der Waals surface area contributed by atoms with Crippen molar-refractivity contribution in [3.05, 3.63) is 95.4 Å². The number of benzene rings is 2. The molecule has 2 aromatic carbocycles. The summed E-state index contributed by atoms with van der Waals surface area (Å²) in [4.78, 5) is 30.4. The van der Waals surface area contributed by atoms with Crippen LogP contribution in [0.5, 0.6) is 0 Å². The summed E-state index contributed by atoms with van der Waals surface area (Å²) in [6, 6.07) is 23.0. The lowest BCUT2D eigenvalue weighted by molar-refractivity contribution is 0.770. The van der Waals surface area contributed by atoms with E-state index in [-0.39, 0.29) is 10.9 Å². The summed E-state index contributed by atoms with van der Waals surface area (Å²) >= 11 is 0. The van der Waals surface area contributed by atoms with Gasteiger partial charge in [-0.05, 0) is 29.8 Å². The van der Waals surface area contributed by atoms with Gasteiger partial charge in [0.1, 0.15) is 11.4 Å². The Hall–Kier alpha value is -4.65. The highest BCUT2D eigenvalue weighted by Gasteiger charge is 2.18. The van der Waals surface area contributed by atoms with Crippen molar-refractivity contribution in [2.75, 3.05) is 0 Å². The number of H-pyrrole nitrogens is 1. The molecular weight excluding hydrogens is 412 g/mol. The van der Waals surface area contributed by atoms with E-state index in [1.54, 1.807) is 16.9 Å². The number of fused-ring (bicyclic) bond motifs is 2. The maximum absolute atomic E-state index is 13.1. The molecule has 0 aliphatic rings. The summed E-state index contributed by atoms with van der Waals surface area (Å²) in [5.74, 6) is 0. The molecule has 6 aromatic rings. The summed E-state index contributed by atoms with van der Waals surface area (Å²) in [6.07, 6.45) is 3.62. The highest BCUT2D eigenvalue weighted by Crippen LogP contribution is 2.31. The first-order valence-corrected chi connectivity index (χ1v) is 10.5. The quantitative estimate of drug-likeness (QED) is 0.443. The van der Waals surface area contributed by atoms with Gasteiger partial charge in [-0.2, -0.15) is 5.10 Å². The molecule has 0 fully saturated rings. The number of nitrogens with zero attached hydrogens (tertiary/aromatic N) is 5. The van der Waals surface area contributed by atoms with Crippen LogP contribution in [-0.2, 0) is 7.05 Å². The molecule has 0 amide bonds. The second-order valence-corrected chi connectivity index (χ2v) is 7.82. The standard InChI is InChI=1S/C26H18N6O/c1-32-13-11-20(31-32)24-23(18-9-10-19-17(14-18)8-5-12-27-19)29-25-22(33)15-21(28-26(25)30-24)16-6-3-2-4-7-16/h2-15H,1H3,(H,28,30,33). The third-order valence-electron chi connectivity index (χ3n) is 5.58. The first kappa shape index (κ1) is 19.1. The number of hydrogen-bond donors (Lipinski definition) is 1. The highest BCUT2D eigenvalue weighted by molar-refractivity contribution is 5.89. The van der Waals surface area contributed by atoms with E-state index in [4.69, 9.17) is 9.97 Å². The fourth-order valence-electron chi connectivity index (χ4n) is 3.97. The van der Waals surface area contributed by atoms with Gasteiger partial charge < -0.3 is 4.98 Å². The Labute approximate surface area is 188 Å². The van der Waals surface area contributed by atoms with Crippen molar-refractivity contribution < 1.29 is 0 Å². The first-order valence-electron chi connectivity index (χ1n) is 10.5. The van der Waals surface area contributed by atoms with Crippen LogP contribution in [0.25, 0.3) is 56.0 Å². The van der Waals surface area contributed by atoms with Crippen LogP contribution in [0.2, 0.25) is 0 Å². The third kappa shape index (κ3) is 3.36. The largest absolute Gasteiger partial charge is 0.338 e. The summed E-state index contributed by atoms with van der Waals surface area (Å²) < 4.78 is 1.72. The molecule has 0 unspecified atom stereocenters. The summed E-state index contributed by atoms with van der Waals surface area (Å²) in [7, 11) is 1.86. The van der Waals surface area contributed by atoms with E-state index in [1.165, 1.54) is 0 Å². The van der Waals surface area contributed by atoms with Gasteiger partial charge in [0.15, 0.2) is 11.2 Å². The van der Waals surface area contributed by atoms with Gasteiger partial charge in [0, 0.05) is 36.5 Å². The van der Waals surface area contributed by atoms with Crippen molar-refractivity contribution >= 4 is 22.1 Å². The lowest BCUT2D eigenvalue weighted by atomic mass is 10.0. The average Bonchev–Trinajstić information content (AvgIpc) is 3.29. The molecule has 0 bridgehead atoms. The van der Waals surface area contributed by atoms with E-state index in [9.17, 15) is 4.79 Å². The molecule has 4 heterocycles. The first-order chi connectivity index (χ1) is 16.2. The van der Waals surface area contributed by atoms with Crippen molar-refractivity contribution in [3.8, 4) is 33.9 Å². The maximum atomic E-state index is 13.1. The fraction of sp³-hybridized carbons (Fsp3) is 0.0385. The van der Waals surface area contributed by atoms with Crippen LogP contribution in [0.3, 0.4) is 0 Å². The molecule has 7 nitrogen and oxygen atoms in total. The van der Waals surface area contributed by atoms with Crippen LogP contribution in [0, 0.1) is 0 Å². The molecular formula is C26H18N6O. The van der Waals surface area contributed by atoms with Crippen LogP contribution in [0.4, 0.5) is 0 Å². The van der Waals surface area contributed by atoms with E-state index in [2.05, 4.69) is 15.1 Å². The Morgan fingerprint density at radius 1 is 0.848 bits per heavy atom. The smallest absolute Gasteiger partial charge is 0.210 e. The lowest BCUT2D eigenvalue weighted by Gasteiger charge is -2.10. The van der Waals surface area contributed by atoms with Crippen LogP contribution < -0.4 is 5.43 Å². The Balaban J connectivity index is 1.63. The molecule has 0 aliphatic carbocycles. The van der Waals surface area contributed by atoms with Crippen LogP contribution in [0.15, 0.2) is 90.0 Å². The molecule has 0 aliphatic heterocycles. The number of aromatic amines is 1. The van der Waals surface area contributed by atoms with Gasteiger partial charge in [0.05, 0.1) is 16.9 Å². The van der Waals surface area contributed by atoms with Crippen LogP contribution in [-0.4, -0.2) is 29.7 Å². The molecule has 1 N–H and O–H groups in total. The Morgan fingerprint density at radius 3 is 2.55 bits per heavy atom. The predicted octanol–water partition coefficient (Wildman–Crippen LogP) is 4.60. The van der Waals surface area contributed by atoms with Gasteiger partial charge in [-0.15, -0.1) is 0 Å². The minimum Gasteiger partial charge on any atom is -0.338 e. The number of hydrogen-bond acceptors (Lipinski definition) is 5. The predicted molar refractivity (Wildman–Crippen MR) is 129 cm³/mol. The Kier molecular flexibility index (Phi) is 4.33. The van der Waals surface area contributed by atoms with Crippen LogP contribution >= 0.6 is 0 Å². The zero-order valence-corrected chi connectivity index (χ0v) is 17.7. The Bertz CT molecular complexity index is 1700. The average molecular weight is 430 g/mol. The normalized spacial score (nSPS) is 11.3. The minimum atomic E-state index is -0.189. The summed E-state index contributed by atoms with van der Waals surface area (Å²) in [5, 5.41) is 5.53. The number of aryl methyl sites for hydroxylation is 1. The van der Waals surface area contributed by atoms with E-state index in [0.29, 0.717) is 28.4 Å². The van der Waals surface area contributed by atoms with Crippen LogP contribution in [0.1, 0.15) is 0 Å². The zero-order valence-electron chi connectivity index (χ0n) is 17.7. The van der Waals surface area contributed by atoms with Gasteiger partial charge in [0.2, 0.25) is 5.43 Å². The second kappa shape index (κ2) is 7.49. The van der Waals surface area contributed by atoms with Crippen molar-refractivity contribution in [3.63, 3.8) is 0 Å². The van der Waals surface area contributed by atoms with E-state index >= 15 is 0 Å². The zero-order chi connectivity index (χ0) is 22.4. The monoisotopic (exact) mass is 430 g/mol. The third-order valence-corrected chi connectivity index (χ3v) is 5.58. The van der Waals surface area contributed by atoms with Gasteiger partial charge in [-0.25, -0.2) is 9.97 Å². The Morgan fingerprint density at radius 2 is 1.73 bits per heavy atom. The molecule has 0 saturated heterocycles. The van der Waals surface area contributed by atoms with Crippen molar-refractivity contribution in [1.82, 2.24) is 29.7 Å². The molecule has 0 spiro atoms. The molecule has 0 radical (unpaired) electrons. The lowest BCUT2D eigenvalue weighted by Crippen LogP contribution is -2.09. The van der Waals surface area contributed by atoms with E-state index in [1.807, 2.05) is 80.0 Å². The number of pyridine rings is 2. The molecule has 158 valence electrons. The molecule has 0 saturated carbocycles. The highest BCUT2D eigenvalue weighted by atomic mass is 16.1. The van der Waals surface area contributed by atoms with E-state index in [0.717, 1.165) is 22.0 Å². The van der Waals surface area contributed by atoms with Gasteiger partial charge >= 0.3 is 0 Å². The minimum absolute atomic E-state index is 0.189. The number of rotatable bonds is 3. The van der Waals surface area contributed by atoms with Crippen molar-refractivity contribution in [2.45, 2.75) is 0 Å². The SMILES string of the molecule is Cn1ccc(-c2nc3[nH]c(-c4ccccc4)cc(=O)c3nc2-c2ccc3ncccc3c2)n1. The summed E-state index contributed by atoms with van der Waals surface area (Å²) in [6.45, 7) is 0. The van der Waals surface area contributed by atoms with Gasteiger partial charge in [-0.3, -0.25) is 14.5 Å². The fourth-order valence-corrected chi connectivity index (χ4v) is 3.97. The maximum Gasteiger partial charge on any atom is 0.210 e. The van der Waals surface area contributed by atoms with Crippen molar-refractivity contribution in [2.24, 2.45) is 7.05 Å². The molecule has 7 heteroatoms. The molecule has 0 atom stereocenters. The number of nitrogens with one attached hydrogen (secondary N) is 1. The molecule has 6 rings (SSSR count). The van der Waals surface area contributed by atoms with Crippen molar-refractivity contribution in [1.29, 1.82) is 0 Å². The number of aromatic nitrogens is 6. The molecule has 4 aromatic heterocycles. The second-order valence-electron chi connectivity index (χ2n) is 7.82. The topological polar surface area (TPSA) is 89.4 Å². The van der Waals surface area contributed by atoms with Gasteiger partial charge in [0.25, 0.3) is 0 Å². The molecule has 33 heavy (non-hydrogen) atoms. The summed E-state index contributed by atoms with van der Waals surface area (Å²) in [5.41, 5.74) is 5.74. The van der Waals surface area contributed by atoms with Gasteiger partial charge in [-0.1, -0.05) is 42.5 Å².